The summed E-state index contributed by atoms with van der Waals surface area (Å²) in [6.07, 6.45) is 4.37. The van der Waals surface area contributed by atoms with E-state index in [1.54, 1.807) is 41.7 Å². The van der Waals surface area contributed by atoms with Crippen molar-refractivity contribution in [3.05, 3.63) is 87.4 Å². The molecule has 10 heteroatoms. The van der Waals surface area contributed by atoms with Crippen LogP contribution in [0.3, 0.4) is 0 Å². The molecule has 0 fully saturated rings. The molecule has 0 spiro atoms. The van der Waals surface area contributed by atoms with Gasteiger partial charge in [0, 0.05) is 37.6 Å². The molecule has 0 aliphatic rings. The van der Waals surface area contributed by atoms with Crippen LogP contribution >= 0.6 is 23.2 Å². The van der Waals surface area contributed by atoms with Gasteiger partial charge in [0.1, 0.15) is 0 Å². The number of carbonyl (C=O) groups excluding carboxylic acids is 1. The highest BCUT2D eigenvalue weighted by Gasteiger charge is 2.24. The molecule has 2 atom stereocenters. The predicted octanol–water partition coefficient (Wildman–Crippen LogP) is 4.58. The third kappa shape index (κ3) is 7.72. The molecule has 0 bridgehead atoms. The minimum Gasteiger partial charge on any atom is -0.370 e. The van der Waals surface area contributed by atoms with Gasteiger partial charge in [0.05, 0.1) is 34.4 Å². The van der Waals surface area contributed by atoms with Crippen LogP contribution in [-0.2, 0) is 24.3 Å². The van der Waals surface area contributed by atoms with Crippen molar-refractivity contribution < 1.29 is 4.79 Å². The zero-order chi connectivity index (χ0) is 26.9. The summed E-state index contributed by atoms with van der Waals surface area (Å²) in [5.74, 6) is -0.112. The van der Waals surface area contributed by atoms with Gasteiger partial charge in [0.2, 0.25) is 5.91 Å². The zero-order valence-corrected chi connectivity index (χ0v) is 22.4. The first-order valence-corrected chi connectivity index (χ1v) is 12.8. The summed E-state index contributed by atoms with van der Waals surface area (Å²) in [6.45, 7) is 5.31. The van der Waals surface area contributed by atoms with Crippen LogP contribution < -0.4 is 11.1 Å². The van der Waals surface area contributed by atoms with E-state index in [0.29, 0.717) is 35.2 Å². The molecule has 1 amide bonds. The molecule has 0 saturated heterocycles. The van der Waals surface area contributed by atoms with Gasteiger partial charge in [-0.15, -0.1) is 0 Å². The van der Waals surface area contributed by atoms with Crippen LogP contribution in [0.4, 0.5) is 0 Å². The number of nitrogens with zero attached hydrogens (tertiary/aromatic N) is 4. The molecule has 2 aromatic carbocycles. The van der Waals surface area contributed by atoms with Crippen molar-refractivity contribution in [1.29, 1.82) is 10.7 Å². The standard InChI is InChI=1S/C27H31Cl2N7O/c1-3-18(2)24(16-35(27(31)32)15-21-5-4-6-23(28)26(21)29)34-25(37)11-22-13-33-17-36(22)14-20-9-7-19(12-30)8-10-20/h4-10,13,17-18,24H,3,11,14-16H2,1-2H3,(H3,31,32)(H,34,37)/t18-,24+/m0/s1. The number of imidazole rings is 1. The van der Waals surface area contributed by atoms with E-state index in [0.717, 1.165) is 23.2 Å². The second-order valence-electron chi connectivity index (χ2n) is 9.04. The number of hydrogen-bond donors (Lipinski definition) is 3. The summed E-state index contributed by atoms with van der Waals surface area (Å²) in [6, 6.07) is 14.6. The number of halogens is 2. The van der Waals surface area contributed by atoms with Gasteiger partial charge in [-0.3, -0.25) is 10.2 Å². The van der Waals surface area contributed by atoms with E-state index >= 15 is 0 Å². The van der Waals surface area contributed by atoms with Crippen LogP contribution in [0.2, 0.25) is 10.0 Å². The van der Waals surface area contributed by atoms with Crippen molar-refractivity contribution in [2.75, 3.05) is 6.54 Å². The van der Waals surface area contributed by atoms with Gasteiger partial charge in [-0.05, 0) is 35.2 Å². The molecule has 1 heterocycles. The number of carbonyl (C=O) groups is 1. The molecular formula is C27H31Cl2N7O. The molecule has 0 aliphatic heterocycles. The van der Waals surface area contributed by atoms with Crippen molar-refractivity contribution >= 4 is 35.1 Å². The van der Waals surface area contributed by atoms with E-state index in [-0.39, 0.29) is 30.2 Å². The Morgan fingerprint density at radius 1 is 1.27 bits per heavy atom. The maximum atomic E-state index is 13.1. The average Bonchev–Trinajstić information content (AvgIpc) is 3.31. The minimum absolute atomic E-state index is 0.112. The van der Waals surface area contributed by atoms with Gasteiger partial charge in [-0.1, -0.05) is 67.7 Å². The van der Waals surface area contributed by atoms with Gasteiger partial charge >= 0.3 is 0 Å². The summed E-state index contributed by atoms with van der Waals surface area (Å²) >= 11 is 12.5. The van der Waals surface area contributed by atoms with E-state index in [9.17, 15) is 4.79 Å². The Balaban J connectivity index is 1.69. The largest absolute Gasteiger partial charge is 0.370 e. The van der Waals surface area contributed by atoms with Gasteiger partial charge in [-0.2, -0.15) is 5.26 Å². The minimum atomic E-state index is -0.241. The first-order chi connectivity index (χ1) is 17.7. The Labute approximate surface area is 227 Å². The highest BCUT2D eigenvalue weighted by molar-refractivity contribution is 6.42. The third-order valence-electron chi connectivity index (χ3n) is 6.40. The molecule has 0 unspecified atom stereocenters. The van der Waals surface area contributed by atoms with Crippen molar-refractivity contribution in [2.45, 2.75) is 45.8 Å². The average molecular weight is 540 g/mol. The molecule has 0 saturated carbocycles. The first-order valence-electron chi connectivity index (χ1n) is 12.0. The smallest absolute Gasteiger partial charge is 0.226 e. The lowest BCUT2D eigenvalue weighted by Gasteiger charge is -2.32. The molecule has 3 aromatic rings. The number of amides is 1. The third-order valence-corrected chi connectivity index (χ3v) is 7.26. The van der Waals surface area contributed by atoms with E-state index < -0.39 is 0 Å². The van der Waals surface area contributed by atoms with Crippen molar-refractivity contribution in [3.63, 3.8) is 0 Å². The summed E-state index contributed by atoms with van der Waals surface area (Å²) in [5.41, 5.74) is 9.04. The van der Waals surface area contributed by atoms with E-state index in [1.807, 2.05) is 22.8 Å². The van der Waals surface area contributed by atoms with Gasteiger partial charge in [0.25, 0.3) is 0 Å². The predicted molar refractivity (Wildman–Crippen MR) is 146 cm³/mol. The highest BCUT2D eigenvalue weighted by atomic mass is 35.5. The van der Waals surface area contributed by atoms with Gasteiger partial charge in [-0.25, -0.2) is 4.98 Å². The Morgan fingerprint density at radius 3 is 2.65 bits per heavy atom. The Hall–Kier alpha value is -3.54. The molecule has 4 N–H and O–H groups in total. The van der Waals surface area contributed by atoms with Crippen LogP contribution in [-0.4, -0.2) is 38.9 Å². The molecule has 0 radical (unpaired) electrons. The number of rotatable bonds is 11. The Bertz CT molecular complexity index is 1270. The molecule has 37 heavy (non-hydrogen) atoms. The van der Waals surface area contributed by atoms with E-state index in [2.05, 4.69) is 30.2 Å². The molecule has 194 valence electrons. The lowest BCUT2D eigenvalue weighted by Crippen LogP contribution is -2.50. The Morgan fingerprint density at radius 2 is 2.00 bits per heavy atom. The molecule has 8 nitrogen and oxygen atoms in total. The van der Waals surface area contributed by atoms with Crippen molar-refractivity contribution in [3.8, 4) is 6.07 Å². The van der Waals surface area contributed by atoms with Crippen molar-refractivity contribution in [1.82, 2.24) is 19.8 Å². The first kappa shape index (κ1) is 28.0. The lowest BCUT2D eigenvalue weighted by atomic mass is 9.98. The summed E-state index contributed by atoms with van der Waals surface area (Å²) in [5, 5.41) is 21.1. The summed E-state index contributed by atoms with van der Waals surface area (Å²) < 4.78 is 1.92. The number of guanidine groups is 1. The molecule has 3 rings (SSSR count). The van der Waals surface area contributed by atoms with Gasteiger partial charge < -0.3 is 20.5 Å². The number of benzene rings is 2. The topological polar surface area (TPSA) is 124 Å². The number of nitrogens with one attached hydrogen (secondary N) is 2. The molecular weight excluding hydrogens is 509 g/mol. The lowest BCUT2D eigenvalue weighted by molar-refractivity contribution is -0.121. The second kappa shape index (κ2) is 13.1. The number of hydrogen-bond acceptors (Lipinski definition) is 4. The van der Waals surface area contributed by atoms with Crippen LogP contribution in [0.1, 0.15) is 42.7 Å². The summed E-state index contributed by atoms with van der Waals surface area (Å²) in [7, 11) is 0. The Kier molecular flexibility index (Phi) is 9.95. The molecule has 0 aliphatic carbocycles. The monoisotopic (exact) mass is 539 g/mol. The number of nitriles is 1. The maximum absolute atomic E-state index is 13.1. The zero-order valence-electron chi connectivity index (χ0n) is 20.9. The number of nitrogens with two attached hydrogens (primary N) is 1. The van der Waals surface area contributed by atoms with Crippen LogP contribution in [0, 0.1) is 22.7 Å². The van der Waals surface area contributed by atoms with Gasteiger partial charge in [0.15, 0.2) is 5.96 Å². The fraction of sp³-hybridized carbons (Fsp3) is 0.333. The van der Waals surface area contributed by atoms with Crippen LogP contribution in [0.5, 0.6) is 0 Å². The SMILES string of the molecule is CC[C@H](C)[C@@H](CN(Cc1cccc(Cl)c1Cl)C(=N)N)NC(=O)Cc1cncn1Cc1ccc(C#N)cc1. The fourth-order valence-corrected chi connectivity index (χ4v) is 4.34. The highest BCUT2D eigenvalue weighted by Crippen LogP contribution is 2.26. The maximum Gasteiger partial charge on any atom is 0.226 e. The quantitative estimate of drug-likeness (QED) is 0.243. The molecule has 1 aromatic heterocycles. The normalized spacial score (nSPS) is 12.4. The van der Waals surface area contributed by atoms with Crippen LogP contribution in [0.15, 0.2) is 55.0 Å². The van der Waals surface area contributed by atoms with E-state index in [4.69, 9.17) is 39.6 Å². The number of aromatic nitrogens is 2. The summed E-state index contributed by atoms with van der Waals surface area (Å²) in [4.78, 5) is 19.0. The fourth-order valence-electron chi connectivity index (χ4n) is 3.96. The van der Waals surface area contributed by atoms with E-state index in [1.165, 1.54) is 0 Å². The van der Waals surface area contributed by atoms with Crippen LogP contribution in [0.25, 0.3) is 0 Å². The second-order valence-corrected chi connectivity index (χ2v) is 9.82. The van der Waals surface area contributed by atoms with Crippen molar-refractivity contribution in [2.24, 2.45) is 11.7 Å².